The lowest BCUT2D eigenvalue weighted by molar-refractivity contribution is -0.140. The van der Waals surface area contributed by atoms with Gasteiger partial charge in [0.25, 0.3) is 10.0 Å². The van der Waals surface area contributed by atoms with Gasteiger partial charge >= 0.3 is 0 Å². The van der Waals surface area contributed by atoms with Gasteiger partial charge in [-0.15, -0.1) is 0 Å². The minimum atomic E-state index is -4.19. The zero-order chi connectivity index (χ0) is 29.5. The molecule has 0 unspecified atom stereocenters. The van der Waals surface area contributed by atoms with Crippen molar-refractivity contribution in [2.24, 2.45) is 0 Å². The maximum atomic E-state index is 14.0. The van der Waals surface area contributed by atoms with Crippen molar-refractivity contribution in [3.05, 3.63) is 89.4 Å². The van der Waals surface area contributed by atoms with Crippen LogP contribution in [0.1, 0.15) is 40.2 Å². The number of benzene rings is 3. The second-order valence-electron chi connectivity index (χ2n) is 10.3. The molecule has 0 spiro atoms. The number of carbonyl (C=O) groups is 2. The maximum absolute atomic E-state index is 14.0. The van der Waals surface area contributed by atoms with E-state index in [9.17, 15) is 18.0 Å². The SMILES string of the molecule is CCOc1ccccc1N(CC(=O)N(Cc1cccc(Cl)c1)[C@H](C)C(=O)NC(C)(C)C)S(=O)(=O)c1ccccc1. The monoisotopic (exact) mass is 585 g/mol. The second-order valence-corrected chi connectivity index (χ2v) is 12.6. The summed E-state index contributed by atoms with van der Waals surface area (Å²) < 4.78 is 34.7. The van der Waals surface area contributed by atoms with Gasteiger partial charge in [-0.05, 0) is 76.6 Å². The first-order valence-electron chi connectivity index (χ1n) is 13.0. The van der Waals surface area contributed by atoms with Crippen LogP contribution in [0.5, 0.6) is 5.75 Å². The van der Waals surface area contributed by atoms with E-state index in [1.807, 2.05) is 20.8 Å². The van der Waals surface area contributed by atoms with Crippen LogP contribution in [-0.2, 0) is 26.2 Å². The molecule has 214 valence electrons. The van der Waals surface area contributed by atoms with Gasteiger partial charge in [0.05, 0.1) is 17.2 Å². The van der Waals surface area contributed by atoms with Crippen molar-refractivity contribution in [3.8, 4) is 5.75 Å². The molecular formula is C30H36ClN3O5S. The molecule has 8 nitrogen and oxygen atoms in total. The molecule has 0 aliphatic heterocycles. The Morgan fingerprint density at radius 1 is 0.975 bits per heavy atom. The smallest absolute Gasteiger partial charge is 0.264 e. The molecule has 0 heterocycles. The van der Waals surface area contributed by atoms with Crippen LogP contribution in [0.3, 0.4) is 0 Å². The summed E-state index contributed by atoms with van der Waals surface area (Å²) in [5.41, 5.74) is 0.384. The normalized spacial score (nSPS) is 12.3. The van der Waals surface area contributed by atoms with Crippen LogP contribution in [0.2, 0.25) is 5.02 Å². The van der Waals surface area contributed by atoms with Gasteiger partial charge in [-0.3, -0.25) is 13.9 Å². The predicted molar refractivity (Wildman–Crippen MR) is 158 cm³/mol. The molecule has 0 aliphatic carbocycles. The van der Waals surface area contributed by atoms with E-state index in [-0.39, 0.29) is 23.0 Å². The van der Waals surface area contributed by atoms with Crippen molar-refractivity contribution in [3.63, 3.8) is 0 Å². The van der Waals surface area contributed by atoms with E-state index in [2.05, 4.69) is 5.32 Å². The topological polar surface area (TPSA) is 96.0 Å². The highest BCUT2D eigenvalue weighted by atomic mass is 35.5. The minimum absolute atomic E-state index is 0.0222. The first-order valence-corrected chi connectivity index (χ1v) is 14.8. The third kappa shape index (κ3) is 7.99. The molecule has 0 saturated carbocycles. The van der Waals surface area contributed by atoms with Gasteiger partial charge in [-0.2, -0.15) is 0 Å². The highest BCUT2D eigenvalue weighted by Crippen LogP contribution is 2.33. The van der Waals surface area contributed by atoms with Gasteiger partial charge in [0.1, 0.15) is 18.3 Å². The van der Waals surface area contributed by atoms with E-state index < -0.39 is 34.1 Å². The van der Waals surface area contributed by atoms with E-state index in [0.717, 1.165) is 4.31 Å². The number of rotatable bonds is 11. The highest BCUT2D eigenvalue weighted by molar-refractivity contribution is 7.92. The summed E-state index contributed by atoms with van der Waals surface area (Å²) in [5, 5.41) is 3.39. The predicted octanol–water partition coefficient (Wildman–Crippen LogP) is 5.27. The Hall–Kier alpha value is -3.56. The standard InChI is InChI=1S/C30H36ClN3O5S/c1-6-39-27-18-11-10-17-26(27)34(40(37,38)25-15-8-7-9-16-25)21-28(35)33(20-23-13-12-14-24(31)19-23)22(2)29(36)32-30(3,4)5/h7-19,22H,6,20-21H2,1-5H3,(H,32,36)/t22-/m1/s1. The number of hydrogen-bond acceptors (Lipinski definition) is 5. The lowest BCUT2D eigenvalue weighted by Crippen LogP contribution is -2.54. The number of sulfonamides is 1. The fraction of sp³-hybridized carbons (Fsp3) is 0.333. The maximum Gasteiger partial charge on any atom is 0.264 e. The Morgan fingerprint density at radius 3 is 2.25 bits per heavy atom. The van der Waals surface area contributed by atoms with Crippen LogP contribution in [0.4, 0.5) is 5.69 Å². The van der Waals surface area contributed by atoms with Crippen LogP contribution in [0, 0.1) is 0 Å². The first-order chi connectivity index (χ1) is 18.8. The lowest BCUT2D eigenvalue weighted by atomic mass is 10.1. The summed E-state index contributed by atoms with van der Waals surface area (Å²) in [6.07, 6.45) is 0. The Morgan fingerprint density at radius 2 is 1.62 bits per heavy atom. The van der Waals surface area contributed by atoms with Gasteiger partial charge in [0, 0.05) is 17.1 Å². The number of ether oxygens (including phenoxy) is 1. The van der Waals surface area contributed by atoms with Crippen LogP contribution >= 0.6 is 11.6 Å². The van der Waals surface area contributed by atoms with E-state index in [0.29, 0.717) is 22.9 Å². The Balaban J connectivity index is 2.08. The van der Waals surface area contributed by atoms with Gasteiger partial charge < -0.3 is 15.0 Å². The van der Waals surface area contributed by atoms with E-state index in [1.54, 1.807) is 80.6 Å². The largest absolute Gasteiger partial charge is 0.492 e. The molecule has 2 amide bonds. The molecule has 40 heavy (non-hydrogen) atoms. The fourth-order valence-electron chi connectivity index (χ4n) is 4.06. The summed E-state index contributed by atoms with van der Waals surface area (Å²) >= 11 is 6.19. The van der Waals surface area contributed by atoms with Crippen molar-refractivity contribution in [1.82, 2.24) is 10.2 Å². The molecule has 0 aliphatic rings. The average Bonchev–Trinajstić information content (AvgIpc) is 2.90. The molecular weight excluding hydrogens is 550 g/mol. The third-order valence-electron chi connectivity index (χ3n) is 5.95. The van der Waals surface area contributed by atoms with Crippen molar-refractivity contribution in [1.29, 1.82) is 0 Å². The number of anilines is 1. The van der Waals surface area contributed by atoms with Crippen LogP contribution < -0.4 is 14.4 Å². The average molecular weight is 586 g/mol. The number of para-hydroxylation sites is 2. The molecule has 1 N–H and O–H groups in total. The molecule has 3 aromatic rings. The third-order valence-corrected chi connectivity index (χ3v) is 7.96. The molecule has 0 saturated heterocycles. The van der Waals surface area contributed by atoms with Gasteiger partial charge in [-0.25, -0.2) is 8.42 Å². The fourth-order valence-corrected chi connectivity index (χ4v) is 5.72. The zero-order valence-corrected chi connectivity index (χ0v) is 25.0. The number of amides is 2. The minimum Gasteiger partial charge on any atom is -0.492 e. The van der Waals surface area contributed by atoms with E-state index >= 15 is 0 Å². The van der Waals surface area contributed by atoms with Crippen molar-refractivity contribution in [2.45, 2.75) is 57.6 Å². The molecule has 3 aromatic carbocycles. The molecule has 0 bridgehead atoms. The Labute approximate surface area is 241 Å². The Kier molecular flexibility index (Phi) is 10.2. The number of nitrogens with zero attached hydrogens (tertiary/aromatic N) is 2. The second kappa shape index (κ2) is 13.2. The van der Waals surface area contributed by atoms with Crippen LogP contribution in [0.15, 0.2) is 83.8 Å². The number of halogens is 1. The Bertz CT molecular complexity index is 1420. The van der Waals surface area contributed by atoms with Crippen LogP contribution in [-0.4, -0.2) is 49.9 Å². The van der Waals surface area contributed by atoms with Gasteiger partial charge in [-0.1, -0.05) is 54.1 Å². The number of nitrogens with one attached hydrogen (secondary N) is 1. The molecule has 3 rings (SSSR count). The van der Waals surface area contributed by atoms with Gasteiger partial charge in [0.2, 0.25) is 11.8 Å². The summed E-state index contributed by atoms with van der Waals surface area (Å²) in [7, 11) is -4.19. The van der Waals surface area contributed by atoms with Crippen molar-refractivity contribution >= 4 is 39.1 Å². The quantitative estimate of drug-likeness (QED) is 0.331. The summed E-state index contributed by atoms with van der Waals surface area (Å²) in [6.45, 7) is 8.74. The highest BCUT2D eigenvalue weighted by Gasteiger charge is 2.34. The van der Waals surface area contributed by atoms with E-state index in [1.165, 1.54) is 17.0 Å². The first kappa shape index (κ1) is 31.0. The summed E-state index contributed by atoms with van der Waals surface area (Å²) in [4.78, 5) is 28.6. The molecule has 0 radical (unpaired) electrons. The lowest BCUT2D eigenvalue weighted by Gasteiger charge is -2.33. The van der Waals surface area contributed by atoms with Crippen molar-refractivity contribution < 1.29 is 22.7 Å². The molecule has 10 heteroatoms. The summed E-state index contributed by atoms with van der Waals surface area (Å²) in [5.74, 6) is -0.616. The number of carbonyl (C=O) groups excluding carboxylic acids is 2. The van der Waals surface area contributed by atoms with E-state index in [4.69, 9.17) is 16.3 Å². The van der Waals surface area contributed by atoms with Crippen LogP contribution in [0.25, 0.3) is 0 Å². The molecule has 0 aromatic heterocycles. The molecule has 0 fully saturated rings. The summed E-state index contributed by atoms with van der Waals surface area (Å²) in [6, 6.07) is 20.6. The zero-order valence-electron chi connectivity index (χ0n) is 23.4. The molecule has 1 atom stereocenters. The van der Waals surface area contributed by atoms with Crippen molar-refractivity contribution in [2.75, 3.05) is 17.5 Å². The van der Waals surface area contributed by atoms with Gasteiger partial charge in [0.15, 0.2) is 0 Å². The number of hydrogen-bond donors (Lipinski definition) is 1.